The van der Waals surface area contributed by atoms with E-state index in [1.165, 1.54) is 12.1 Å². The maximum Gasteiger partial charge on any atom is 0.416 e. The van der Waals surface area contributed by atoms with Crippen LogP contribution < -0.4 is 5.32 Å². The van der Waals surface area contributed by atoms with Crippen LogP contribution in [0.15, 0.2) is 24.3 Å². The SMILES string of the molecule is CCOC(=O)[C@@H]1OC(=O)N[C@H]1c1cccc(C(F)(F)F)c1. The first-order valence-electron chi connectivity index (χ1n) is 6.14. The first-order chi connectivity index (χ1) is 9.82. The Morgan fingerprint density at radius 3 is 2.76 bits per heavy atom. The summed E-state index contributed by atoms with van der Waals surface area (Å²) in [5.74, 6) is -0.807. The van der Waals surface area contributed by atoms with Gasteiger partial charge in [0.1, 0.15) is 6.04 Å². The molecule has 1 amide bonds. The molecule has 0 aromatic heterocycles. The highest BCUT2D eigenvalue weighted by atomic mass is 19.4. The molecule has 8 heteroatoms. The Labute approximate surface area is 118 Å². The van der Waals surface area contributed by atoms with Crippen LogP contribution in [-0.4, -0.2) is 24.8 Å². The van der Waals surface area contributed by atoms with Crippen LogP contribution in [0.4, 0.5) is 18.0 Å². The van der Waals surface area contributed by atoms with Gasteiger partial charge < -0.3 is 14.8 Å². The van der Waals surface area contributed by atoms with Gasteiger partial charge in [-0.25, -0.2) is 9.59 Å². The fourth-order valence-corrected chi connectivity index (χ4v) is 2.00. The van der Waals surface area contributed by atoms with Crippen LogP contribution in [0.3, 0.4) is 0 Å². The summed E-state index contributed by atoms with van der Waals surface area (Å²) in [5, 5.41) is 2.31. The van der Waals surface area contributed by atoms with Crippen molar-refractivity contribution in [3.63, 3.8) is 0 Å². The van der Waals surface area contributed by atoms with E-state index in [-0.39, 0.29) is 12.2 Å². The number of alkyl halides is 3. The quantitative estimate of drug-likeness (QED) is 0.871. The molecule has 5 nitrogen and oxygen atoms in total. The molecule has 1 saturated heterocycles. The molecule has 0 radical (unpaired) electrons. The molecule has 1 N–H and O–H groups in total. The van der Waals surface area contributed by atoms with E-state index in [1.807, 2.05) is 0 Å². The van der Waals surface area contributed by atoms with Crippen LogP contribution in [0.5, 0.6) is 0 Å². The predicted octanol–water partition coefficient (Wildman–Crippen LogP) is 2.42. The largest absolute Gasteiger partial charge is 0.463 e. The molecular formula is C13H12F3NO4. The number of rotatable bonds is 3. The first-order valence-corrected chi connectivity index (χ1v) is 6.14. The summed E-state index contributed by atoms with van der Waals surface area (Å²) in [5.41, 5.74) is -0.752. The van der Waals surface area contributed by atoms with Crippen molar-refractivity contribution in [2.45, 2.75) is 25.2 Å². The summed E-state index contributed by atoms with van der Waals surface area (Å²) in [4.78, 5) is 23.0. The third-order valence-corrected chi connectivity index (χ3v) is 2.90. The molecule has 114 valence electrons. The van der Waals surface area contributed by atoms with E-state index in [0.717, 1.165) is 12.1 Å². The van der Waals surface area contributed by atoms with Crippen LogP contribution in [0, 0.1) is 0 Å². The number of halogens is 3. The van der Waals surface area contributed by atoms with Crippen molar-refractivity contribution in [2.24, 2.45) is 0 Å². The van der Waals surface area contributed by atoms with Crippen molar-refractivity contribution < 1.29 is 32.2 Å². The molecule has 1 aliphatic heterocycles. The van der Waals surface area contributed by atoms with Crippen molar-refractivity contribution in [1.82, 2.24) is 5.32 Å². The number of benzene rings is 1. The van der Waals surface area contributed by atoms with Crippen molar-refractivity contribution in [3.8, 4) is 0 Å². The minimum atomic E-state index is -4.51. The Hall–Kier alpha value is -2.25. The zero-order valence-corrected chi connectivity index (χ0v) is 10.9. The number of ether oxygens (including phenoxy) is 2. The molecule has 1 aliphatic rings. The highest BCUT2D eigenvalue weighted by Crippen LogP contribution is 2.33. The van der Waals surface area contributed by atoms with Crippen LogP contribution >= 0.6 is 0 Å². The summed E-state index contributed by atoms with van der Waals surface area (Å²) >= 11 is 0. The number of carbonyl (C=O) groups excluding carboxylic acids is 2. The van der Waals surface area contributed by atoms with Gasteiger partial charge in [-0.15, -0.1) is 0 Å². The summed E-state index contributed by atoms with van der Waals surface area (Å²) in [7, 11) is 0. The minimum absolute atomic E-state index is 0.0716. The Morgan fingerprint density at radius 1 is 1.43 bits per heavy atom. The minimum Gasteiger partial charge on any atom is -0.463 e. The first kappa shape index (κ1) is 15.1. The summed E-state index contributed by atoms with van der Waals surface area (Å²) in [6.45, 7) is 1.64. The highest BCUT2D eigenvalue weighted by Gasteiger charge is 2.42. The molecule has 0 saturated carbocycles. The van der Waals surface area contributed by atoms with Crippen LogP contribution in [0.1, 0.15) is 24.1 Å². The van der Waals surface area contributed by atoms with Gasteiger partial charge in [0.25, 0.3) is 0 Å². The molecule has 0 aliphatic carbocycles. The molecule has 1 fully saturated rings. The van der Waals surface area contributed by atoms with Crippen LogP contribution in [0.25, 0.3) is 0 Å². The van der Waals surface area contributed by atoms with E-state index in [2.05, 4.69) is 5.32 Å². The number of carbonyl (C=O) groups is 2. The lowest BCUT2D eigenvalue weighted by Gasteiger charge is -2.17. The van der Waals surface area contributed by atoms with Gasteiger partial charge in [0, 0.05) is 0 Å². The van der Waals surface area contributed by atoms with E-state index >= 15 is 0 Å². The van der Waals surface area contributed by atoms with E-state index in [4.69, 9.17) is 9.47 Å². The zero-order valence-electron chi connectivity index (χ0n) is 10.9. The Balaban J connectivity index is 2.31. The van der Waals surface area contributed by atoms with Gasteiger partial charge in [-0.1, -0.05) is 12.1 Å². The zero-order chi connectivity index (χ0) is 15.6. The lowest BCUT2D eigenvalue weighted by atomic mass is 10.00. The Kier molecular flexibility index (Phi) is 4.06. The third-order valence-electron chi connectivity index (χ3n) is 2.90. The molecule has 0 unspecified atom stereocenters. The molecule has 2 atom stereocenters. The summed E-state index contributed by atoms with van der Waals surface area (Å²) in [6, 6.07) is 3.33. The number of hydrogen-bond acceptors (Lipinski definition) is 4. The number of alkyl carbamates (subject to hydrolysis) is 1. The van der Waals surface area contributed by atoms with Crippen LogP contribution in [-0.2, 0) is 20.4 Å². The fourth-order valence-electron chi connectivity index (χ4n) is 2.00. The van der Waals surface area contributed by atoms with E-state index < -0.39 is 35.9 Å². The van der Waals surface area contributed by atoms with Crippen molar-refractivity contribution in [2.75, 3.05) is 6.61 Å². The van der Waals surface area contributed by atoms with Gasteiger partial charge in [0.05, 0.1) is 12.2 Å². The van der Waals surface area contributed by atoms with Gasteiger partial charge in [-0.05, 0) is 24.6 Å². The average Bonchev–Trinajstić information content (AvgIpc) is 2.80. The molecular weight excluding hydrogens is 291 g/mol. The highest BCUT2D eigenvalue weighted by molar-refractivity contribution is 5.83. The van der Waals surface area contributed by atoms with Gasteiger partial charge in [0.15, 0.2) is 0 Å². The molecule has 0 spiro atoms. The van der Waals surface area contributed by atoms with E-state index in [0.29, 0.717) is 0 Å². The van der Waals surface area contributed by atoms with E-state index in [9.17, 15) is 22.8 Å². The molecule has 1 aromatic carbocycles. The summed E-state index contributed by atoms with van der Waals surface area (Å²) in [6.07, 6.45) is -6.70. The second-order valence-electron chi connectivity index (χ2n) is 4.32. The van der Waals surface area contributed by atoms with Gasteiger partial charge in [0.2, 0.25) is 6.10 Å². The number of cyclic esters (lactones) is 1. The lowest BCUT2D eigenvalue weighted by molar-refractivity contribution is -0.152. The molecule has 1 heterocycles. The second kappa shape index (κ2) is 5.63. The fraction of sp³-hybridized carbons (Fsp3) is 0.385. The number of esters is 1. The van der Waals surface area contributed by atoms with Crippen molar-refractivity contribution >= 4 is 12.1 Å². The predicted molar refractivity (Wildman–Crippen MR) is 64.2 cm³/mol. The summed E-state index contributed by atoms with van der Waals surface area (Å²) < 4.78 is 47.6. The normalized spacial score (nSPS) is 21.6. The van der Waals surface area contributed by atoms with Crippen molar-refractivity contribution in [1.29, 1.82) is 0 Å². The second-order valence-corrected chi connectivity index (χ2v) is 4.32. The molecule has 1 aromatic rings. The average molecular weight is 303 g/mol. The van der Waals surface area contributed by atoms with Gasteiger partial charge in [-0.2, -0.15) is 13.2 Å². The number of amides is 1. The number of hydrogen-bond donors (Lipinski definition) is 1. The molecule has 0 bridgehead atoms. The third kappa shape index (κ3) is 3.26. The van der Waals surface area contributed by atoms with Gasteiger partial charge in [-0.3, -0.25) is 0 Å². The lowest BCUT2D eigenvalue weighted by Crippen LogP contribution is -2.31. The Bertz CT molecular complexity index is 559. The topological polar surface area (TPSA) is 64.6 Å². The number of nitrogens with one attached hydrogen (secondary N) is 1. The standard InChI is InChI=1S/C13H12F3NO4/c1-2-20-11(18)10-9(17-12(19)21-10)7-4-3-5-8(6-7)13(14,15)16/h3-6,9-10H,2H2,1H3,(H,17,19)/t9-,10+/m0/s1. The maximum atomic E-state index is 12.7. The smallest absolute Gasteiger partial charge is 0.416 e. The molecule has 21 heavy (non-hydrogen) atoms. The van der Waals surface area contributed by atoms with Gasteiger partial charge >= 0.3 is 18.2 Å². The van der Waals surface area contributed by atoms with Crippen molar-refractivity contribution in [3.05, 3.63) is 35.4 Å². The van der Waals surface area contributed by atoms with E-state index in [1.54, 1.807) is 6.92 Å². The Morgan fingerprint density at radius 2 is 2.14 bits per heavy atom. The maximum absolute atomic E-state index is 12.7. The van der Waals surface area contributed by atoms with Crippen LogP contribution in [0.2, 0.25) is 0 Å². The molecule has 2 rings (SSSR count). The monoisotopic (exact) mass is 303 g/mol.